The van der Waals surface area contributed by atoms with Crippen LogP contribution in [0.5, 0.6) is 0 Å². The molecule has 6 heteroatoms. The highest BCUT2D eigenvalue weighted by Crippen LogP contribution is 2.03. The van der Waals surface area contributed by atoms with E-state index in [0.717, 1.165) is 25.7 Å². The molecule has 2 N–H and O–H groups in total. The molecule has 1 unspecified atom stereocenters. The van der Waals surface area contributed by atoms with Crippen LogP contribution in [0, 0.1) is 0 Å². The molecule has 0 saturated carbocycles. The van der Waals surface area contributed by atoms with Gasteiger partial charge in [0.15, 0.2) is 0 Å². The van der Waals surface area contributed by atoms with E-state index in [4.69, 9.17) is 4.74 Å². The van der Waals surface area contributed by atoms with Crippen LogP contribution in [0.1, 0.15) is 58.8 Å². The molecule has 0 aliphatic rings. The summed E-state index contributed by atoms with van der Waals surface area (Å²) < 4.78 is 4.97. The molecular formula is C16H30N2O4. The molecule has 0 bridgehead atoms. The van der Waals surface area contributed by atoms with Crippen LogP contribution in [0.15, 0.2) is 0 Å². The van der Waals surface area contributed by atoms with Crippen molar-refractivity contribution < 1.29 is 19.1 Å². The number of unbranched alkanes of at least 4 members (excludes halogenated alkanes) is 2. The monoisotopic (exact) mass is 314 g/mol. The van der Waals surface area contributed by atoms with Crippen molar-refractivity contribution >= 4 is 17.7 Å². The maximum Gasteiger partial charge on any atom is 0.323 e. The maximum absolute atomic E-state index is 11.6. The second-order valence-corrected chi connectivity index (χ2v) is 5.35. The smallest absolute Gasteiger partial charge is 0.323 e. The second-order valence-electron chi connectivity index (χ2n) is 5.35. The summed E-state index contributed by atoms with van der Waals surface area (Å²) in [6, 6.07) is -0.276. The Morgan fingerprint density at radius 1 is 1.05 bits per heavy atom. The van der Waals surface area contributed by atoms with Crippen molar-refractivity contribution in [2.45, 2.75) is 64.8 Å². The summed E-state index contributed by atoms with van der Waals surface area (Å²) in [6.45, 7) is 4.35. The standard InChI is InChI=1S/C16H30N2O4/c1-4-22-16(21)14(17-3)10-7-8-12-18-15(20)11-6-5-9-13(2)19/h14,17H,4-12H2,1-3H3,(H,18,20). The van der Waals surface area contributed by atoms with E-state index < -0.39 is 0 Å². The number of likely N-dealkylation sites (N-methyl/N-ethyl adjacent to an activating group) is 1. The average molecular weight is 314 g/mol. The van der Waals surface area contributed by atoms with E-state index in [1.165, 1.54) is 0 Å². The van der Waals surface area contributed by atoms with E-state index >= 15 is 0 Å². The summed E-state index contributed by atoms with van der Waals surface area (Å²) in [4.78, 5) is 33.9. The second kappa shape index (κ2) is 13.2. The molecule has 0 aliphatic heterocycles. The summed E-state index contributed by atoms with van der Waals surface area (Å²) in [5.41, 5.74) is 0. The zero-order chi connectivity index (χ0) is 16.8. The number of hydrogen-bond donors (Lipinski definition) is 2. The predicted octanol–water partition coefficient (Wildman–Crippen LogP) is 1.57. The van der Waals surface area contributed by atoms with Gasteiger partial charge in [0, 0.05) is 19.4 Å². The first-order valence-electron chi connectivity index (χ1n) is 8.11. The number of hydrogen-bond acceptors (Lipinski definition) is 5. The van der Waals surface area contributed by atoms with E-state index in [0.29, 0.717) is 32.4 Å². The third kappa shape index (κ3) is 11.3. The van der Waals surface area contributed by atoms with Gasteiger partial charge in [-0.15, -0.1) is 0 Å². The van der Waals surface area contributed by atoms with Gasteiger partial charge in [-0.25, -0.2) is 0 Å². The fraction of sp³-hybridized carbons (Fsp3) is 0.812. The van der Waals surface area contributed by atoms with Gasteiger partial charge in [0.25, 0.3) is 0 Å². The first kappa shape index (κ1) is 20.6. The van der Waals surface area contributed by atoms with Gasteiger partial charge in [-0.05, 0) is 53.0 Å². The summed E-state index contributed by atoms with van der Waals surface area (Å²) in [7, 11) is 1.74. The minimum absolute atomic E-state index is 0.0270. The molecule has 0 saturated heterocycles. The van der Waals surface area contributed by atoms with Gasteiger partial charge < -0.3 is 20.2 Å². The molecule has 0 rings (SSSR count). The van der Waals surface area contributed by atoms with Crippen molar-refractivity contribution in [3.63, 3.8) is 0 Å². The predicted molar refractivity (Wildman–Crippen MR) is 85.5 cm³/mol. The Bertz CT molecular complexity index is 345. The van der Waals surface area contributed by atoms with Crippen LogP contribution in [-0.4, -0.2) is 43.9 Å². The number of ether oxygens (including phenoxy) is 1. The lowest BCUT2D eigenvalue weighted by Gasteiger charge is -2.14. The lowest BCUT2D eigenvalue weighted by atomic mass is 10.1. The van der Waals surface area contributed by atoms with Gasteiger partial charge in [-0.2, -0.15) is 0 Å². The Morgan fingerprint density at radius 3 is 2.32 bits per heavy atom. The normalized spacial score (nSPS) is 11.8. The number of nitrogens with one attached hydrogen (secondary N) is 2. The Hall–Kier alpha value is -1.43. The number of amides is 1. The summed E-state index contributed by atoms with van der Waals surface area (Å²) in [5, 5.41) is 5.80. The fourth-order valence-corrected chi connectivity index (χ4v) is 2.07. The van der Waals surface area contributed by atoms with Crippen molar-refractivity contribution in [2.24, 2.45) is 0 Å². The van der Waals surface area contributed by atoms with E-state index in [1.54, 1.807) is 20.9 Å². The van der Waals surface area contributed by atoms with Gasteiger partial charge in [0.05, 0.1) is 6.61 Å². The number of carbonyl (C=O) groups is 3. The van der Waals surface area contributed by atoms with Crippen molar-refractivity contribution in [1.82, 2.24) is 10.6 Å². The fourth-order valence-electron chi connectivity index (χ4n) is 2.07. The number of carbonyl (C=O) groups excluding carboxylic acids is 3. The number of ketones is 1. The molecule has 1 atom stereocenters. The van der Waals surface area contributed by atoms with Gasteiger partial charge in [0.2, 0.25) is 5.91 Å². The highest BCUT2D eigenvalue weighted by atomic mass is 16.5. The lowest BCUT2D eigenvalue weighted by Crippen LogP contribution is -2.35. The van der Waals surface area contributed by atoms with E-state index in [-0.39, 0.29) is 23.7 Å². The molecule has 0 aromatic carbocycles. The van der Waals surface area contributed by atoms with Crippen molar-refractivity contribution in [2.75, 3.05) is 20.2 Å². The third-order valence-corrected chi connectivity index (χ3v) is 3.34. The minimum Gasteiger partial charge on any atom is -0.465 e. The van der Waals surface area contributed by atoms with E-state index in [1.807, 2.05) is 0 Å². The van der Waals surface area contributed by atoms with Crippen LogP contribution in [0.25, 0.3) is 0 Å². The first-order chi connectivity index (χ1) is 10.5. The number of Topliss-reactive ketones (excluding diaryl/α,β-unsaturated/α-hetero) is 1. The summed E-state index contributed by atoms with van der Waals surface area (Å²) >= 11 is 0. The quantitative estimate of drug-likeness (QED) is 0.398. The summed E-state index contributed by atoms with van der Waals surface area (Å²) in [5.74, 6) is -0.0280. The van der Waals surface area contributed by atoms with Gasteiger partial charge in [-0.3, -0.25) is 9.59 Å². The SMILES string of the molecule is CCOC(=O)C(CCCCNC(=O)CCCCC(C)=O)NC. The summed E-state index contributed by atoms with van der Waals surface area (Å²) in [6.07, 6.45) is 4.90. The van der Waals surface area contributed by atoms with Crippen LogP contribution >= 0.6 is 0 Å². The zero-order valence-electron chi connectivity index (χ0n) is 14.1. The van der Waals surface area contributed by atoms with Crippen LogP contribution in [-0.2, 0) is 19.1 Å². The molecule has 0 radical (unpaired) electrons. The molecule has 0 spiro atoms. The van der Waals surface area contributed by atoms with E-state index in [9.17, 15) is 14.4 Å². The van der Waals surface area contributed by atoms with Crippen molar-refractivity contribution in [3.8, 4) is 0 Å². The van der Waals surface area contributed by atoms with Gasteiger partial charge >= 0.3 is 5.97 Å². The molecule has 0 aliphatic carbocycles. The largest absolute Gasteiger partial charge is 0.465 e. The Morgan fingerprint density at radius 2 is 1.73 bits per heavy atom. The van der Waals surface area contributed by atoms with Gasteiger partial charge in [-0.1, -0.05) is 0 Å². The van der Waals surface area contributed by atoms with Crippen molar-refractivity contribution in [3.05, 3.63) is 0 Å². The first-order valence-corrected chi connectivity index (χ1v) is 8.11. The number of esters is 1. The Kier molecular flexibility index (Phi) is 12.4. The molecule has 6 nitrogen and oxygen atoms in total. The van der Waals surface area contributed by atoms with Crippen molar-refractivity contribution in [1.29, 1.82) is 0 Å². The Labute approximate surface area is 133 Å². The van der Waals surface area contributed by atoms with E-state index in [2.05, 4.69) is 10.6 Å². The highest BCUT2D eigenvalue weighted by Gasteiger charge is 2.16. The van der Waals surface area contributed by atoms with Crippen LogP contribution in [0.4, 0.5) is 0 Å². The average Bonchev–Trinajstić information content (AvgIpc) is 2.47. The lowest BCUT2D eigenvalue weighted by molar-refractivity contribution is -0.145. The molecular weight excluding hydrogens is 284 g/mol. The third-order valence-electron chi connectivity index (χ3n) is 3.34. The molecule has 0 fully saturated rings. The highest BCUT2D eigenvalue weighted by molar-refractivity contribution is 5.77. The maximum atomic E-state index is 11.6. The molecule has 22 heavy (non-hydrogen) atoms. The molecule has 0 heterocycles. The minimum atomic E-state index is -0.276. The topological polar surface area (TPSA) is 84.5 Å². The molecule has 0 aromatic rings. The van der Waals surface area contributed by atoms with Gasteiger partial charge in [0.1, 0.15) is 11.8 Å². The molecule has 0 aromatic heterocycles. The molecule has 128 valence electrons. The van der Waals surface area contributed by atoms with Crippen LogP contribution < -0.4 is 10.6 Å². The number of rotatable bonds is 13. The zero-order valence-corrected chi connectivity index (χ0v) is 14.1. The van der Waals surface area contributed by atoms with Crippen LogP contribution in [0.2, 0.25) is 0 Å². The molecule has 1 amide bonds. The van der Waals surface area contributed by atoms with Crippen LogP contribution in [0.3, 0.4) is 0 Å². The Balaban J connectivity index is 3.60.